The summed E-state index contributed by atoms with van der Waals surface area (Å²) in [5.41, 5.74) is 1.86. The molecule has 3 fully saturated rings. The fourth-order valence-electron chi connectivity index (χ4n) is 7.49. The summed E-state index contributed by atoms with van der Waals surface area (Å²) in [6.45, 7) is 6.32. The largest absolute Gasteiger partial charge is 0.469 e. The summed E-state index contributed by atoms with van der Waals surface area (Å²) in [5.74, 6) is 1.92. The van der Waals surface area contributed by atoms with E-state index in [1.54, 1.807) is 0 Å². The van der Waals surface area contributed by atoms with Crippen molar-refractivity contribution < 1.29 is 19.1 Å². The molecular weight excluding hydrogens is 340 g/mol. The quantitative estimate of drug-likeness (QED) is 0.521. The third kappa shape index (κ3) is 2.86. The van der Waals surface area contributed by atoms with Crippen molar-refractivity contribution in [2.75, 3.05) is 7.11 Å². The fourth-order valence-corrected chi connectivity index (χ4v) is 7.49. The van der Waals surface area contributed by atoms with E-state index < -0.39 is 0 Å². The summed E-state index contributed by atoms with van der Waals surface area (Å²) in [5, 5.41) is 0. The number of hydrogen-bond donors (Lipinski definition) is 0. The Bertz CT molecular complexity index is 667. The van der Waals surface area contributed by atoms with Gasteiger partial charge in [0.25, 0.3) is 0 Å². The van der Waals surface area contributed by atoms with Gasteiger partial charge < -0.3 is 9.47 Å². The predicted molar refractivity (Wildman–Crippen MR) is 103 cm³/mol. The van der Waals surface area contributed by atoms with Gasteiger partial charge >= 0.3 is 11.9 Å². The molecule has 0 radical (unpaired) electrons. The van der Waals surface area contributed by atoms with E-state index in [0.29, 0.717) is 17.8 Å². The summed E-state index contributed by atoms with van der Waals surface area (Å²) in [7, 11) is 1.53. The number of fused-ring (bicyclic) bond motifs is 5. The molecule has 1 unspecified atom stereocenters. The SMILES string of the molecule is COC(=O)C1CC[C@H]2[C@@H]3CC=C4C[C@@H](OC(C)=O)CC[C@]4(C)[C@H]3CC[C@]12C. The Labute approximate surface area is 163 Å². The van der Waals surface area contributed by atoms with E-state index in [1.165, 1.54) is 26.0 Å². The molecule has 0 saturated heterocycles. The summed E-state index contributed by atoms with van der Waals surface area (Å²) in [6.07, 6.45) is 11.1. The van der Waals surface area contributed by atoms with Gasteiger partial charge in [-0.25, -0.2) is 0 Å². The number of carbonyl (C=O) groups excluding carboxylic acids is 2. The smallest absolute Gasteiger partial charge is 0.309 e. The van der Waals surface area contributed by atoms with Gasteiger partial charge in [0.15, 0.2) is 0 Å². The summed E-state index contributed by atoms with van der Waals surface area (Å²) in [6, 6.07) is 0. The molecule has 4 aliphatic carbocycles. The van der Waals surface area contributed by atoms with Crippen LogP contribution in [0.2, 0.25) is 0 Å². The highest BCUT2D eigenvalue weighted by atomic mass is 16.5. The highest BCUT2D eigenvalue weighted by Gasteiger charge is 2.60. The minimum absolute atomic E-state index is 0.00130. The van der Waals surface area contributed by atoms with Gasteiger partial charge in [-0.15, -0.1) is 0 Å². The van der Waals surface area contributed by atoms with Crippen LogP contribution in [0.3, 0.4) is 0 Å². The van der Waals surface area contributed by atoms with Crippen molar-refractivity contribution in [3.8, 4) is 0 Å². The van der Waals surface area contributed by atoms with Gasteiger partial charge in [-0.1, -0.05) is 25.5 Å². The number of esters is 2. The Morgan fingerprint density at radius 1 is 1.07 bits per heavy atom. The van der Waals surface area contributed by atoms with E-state index in [4.69, 9.17) is 9.47 Å². The summed E-state index contributed by atoms with van der Waals surface area (Å²) >= 11 is 0. The summed E-state index contributed by atoms with van der Waals surface area (Å²) in [4.78, 5) is 23.7. The van der Waals surface area contributed by atoms with Gasteiger partial charge in [0.05, 0.1) is 13.0 Å². The van der Waals surface area contributed by atoms with Gasteiger partial charge in [-0.2, -0.15) is 0 Å². The predicted octanol–water partition coefficient (Wildman–Crippen LogP) is 4.67. The molecule has 27 heavy (non-hydrogen) atoms. The molecule has 0 aromatic heterocycles. The molecule has 0 aromatic rings. The highest BCUT2D eigenvalue weighted by Crippen LogP contribution is 2.66. The maximum absolute atomic E-state index is 12.4. The van der Waals surface area contributed by atoms with Crippen molar-refractivity contribution in [1.82, 2.24) is 0 Å². The molecule has 0 spiro atoms. The van der Waals surface area contributed by atoms with Crippen LogP contribution in [0.25, 0.3) is 0 Å². The minimum Gasteiger partial charge on any atom is -0.469 e. The lowest BCUT2D eigenvalue weighted by atomic mass is 9.47. The van der Waals surface area contributed by atoms with Crippen LogP contribution in [0.4, 0.5) is 0 Å². The molecular formula is C23H34O4. The normalized spacial score (nSPS) is 45.8. The monoisotopic (exact) mass is 374 g/mol. The van der Waals surface area contributed by atoms with E-state index in [1.807, 2.05) is 0 Å². The van der Waals surface area contributed by atoms with E-state index in [-0.39, 0.29) is 34.8 Å². The molecule has 0 amide bonds. The van der Waals surface area contributed by atoms with Crippen molar-refractivity contribution >= 4 is 11.9 Å². The van der Waals surface area contributed by atoms with Crippen molar-refractivity contribution in [3.63, 3.8) is 0 Å². The van der Waals surface area contributed by atoms with Gasteiger partial charge in [0.1, 0.15) is 6.10 Å². The van der Waals surface area contributed by atoms with Gasteiger partial charge in [0, 0.05) is 13.3 Å². The van der Waals surface area contributed by atoms with Crippen LogP contribution in [0.1, 0.15) is 72.1 Å². The zero-order chi connectivity index (χ0) is 19.4. The molecule has 0 N–H and O–H groups in total. The number of hydrogen-bond acceptors (Lipinski definition) is 4. The first-order chi connectivity index (χ1) is 12.8. The van der Waals surface area contributed by atoms with Crippen molar-refractivity contribution in [3.05, 3.63) is 11.6 Å². The lowest BCUT2D eigenvalue weighted by Crippen LogP contribution is -2.51. The Morgan fingerprint density at radius 3 is 2.56 bits per heavy atom. The molecule has 4 rings (SSSR count). The van der Waals surface area contributed by atoms with Crippen LogP contribution in [-0.2, 0) is 19.1 Å². The standard InChI is InChI=1S/C23H34O4/c1-14(24)27-16-9-11-22(2)15(13-16)5-6-17-18-7-8-20(21(25)26-4)23(18,3)12-10-19(17)22/h5,16-20H,6-13H2,1-4H3/t16-,17-,18-,19-,20?,22-,23-/m0/s1. The van der Waals surface area contributed by atoms with Crippen molar-refractivity contribution in [2.45, 2.75) is 78.2 Å². The molecule has 4 nitrogen and oxygen atoms in total. The lowest BCUT2D eigenvalue weighted by molar-refractivity contribution is -0.154. The number of allylic oxidation sites excluding steroid dienone is 1. The Kier molecular flexibility index (Phi) is 4.67. The zero-order valence-corrected chi connectivity index (χ0v) is 17.3. The second-order valence-electron chi connectivity index (χ2n) is 9.93. The van der Waals surface area contributed by atoms with Crippen LogP contribution in [0, 0.1) is 34.5 Å². The zero-order valence-electron chi connectivity index (χ0n) is 17.3. The van der Waals surface area contributed by atoms with Crippen LogP contribution in [-0.4, -0.2) is 25.2 Å². The molecule has 0 aromatic carbocycles. The van der Waals surface area contributed by atoms with E-state index >= 15 is 0 Å². The Morgan fingerprint density at radius 2 is 1.85 bits per heavy atom. The third-order valence-electron chi connectivity index (χ3n) is 8.88. The molecule has 0 bridgehead atoms. The number of rotatable bonds is 2. The second-order valence-corrected chi connectivity index (χ2v) is 9.93. The van der Waals surface area contributed by atoms with E-state index in [9.17, 15) is 9.59 Å². The molecule has 7 atom stereocenters. The molecule has 0 aliphatic heterocycles. The molecule has 0 heterocycles. The Balaban J connectivity index is 1.57. The molecule has 4 heteroatoms. The highest BCUT2D eigenvalue weighted by molar-refractivity contribution is 5.73. The number of ether oxygens (including phenoxy) is 2. The average Bonchev–Trinajstić information content (AvgIpc) is 2.98. The van der Waals surface area contributed by atoms with Crippen LogP contribution in [0.15, 0.2) is 11.6 Å². The van der Waals surface area contributed by atoms with Gasteiger partial charge in [0.2, 0.25) is 0 Å². The average molecular weight is 375 g/mol. The molecule has 3 saturated carbocycles. The first-order valence-electron chi connectivity index (χ1n) is 10.7. The topological polar surface area (TPSA) is 52.6 Å². The van der Waals surface area contributed by atoms with Gasteiger partial charge in [-0.05, 0) is 73.5 Å². The lowest BCUT2D eigenvalue weighted by Gasteiger charge is -2.57. The maximum Gasteiger partial charge on any atom is 0.309 e. The van der Waals surface area contributed by atoms with E-state index in [2.05, 4.69) is 19.9 Å². The fraction of sp³-hybridized carbons (Fsp3) is 0.826. The minimum atomic E-state index is -0.161. The summed E-state index contributed by atoms with van der Waals surface area (Å²) < 4.78 is 10.7. The first kappa shape index (κ1) is 19.0. The van der Waals surface area contributed by atoms with Crippen LogP contribution in [0.5, 0.6) is 0 Å². The Hall–Kier alpha value is -1.32. The van der Waals surface area contributed by atoms with Crippen molar-refractivity contribution in [1.29, 1.82) is 0 Å². The van der Waals surface area contributed by atoms with Crippen molar-refractivity contribution in [2.24, 2.45) is 34.5 Å². The van der Waals surface area contributed by atoms with Gasteiger partial charge in [-0.3, -0.25) is 9.59 Å². The number of carbonyl (C=O) groups is 2. The molecule has 150 valence electrons. The maximum atomic E-state index is 12.4. The second kappa shape index (κ2) is 6.63. The first-order valence-corrected chi connectivity index (χ1v) is 10.7. The van der Waals surface area contributed by atoms with Crippen LogP contribution >= 0.6 is 0 Å². The van der Waals surface area contributed by atoms with E-state index in [0.717, 1.165) is 44.9 Å². The number of methoxy groups -OCH3 is 1. The molecule has 4 aliphatic rings. The van der Waals surface area contributed by atoms with Crippen LogP contribution < -0.4 is 0 Å². The third-order valence-corrected chi connectivity index (χ3v) is 8.88.